The van der Waals surface area contributed by atoms with Crippen LogP contribution in [0.5, 0.6) is 0 Å². The Hall–Kier alpha value is -2.84. The van der Waals surface area contributed by atoms with E-state index in [2.05, 4.69) is 4.98 Å². The zero-order valence-corrected chi connectivity index (χ0v) is 15.0. The lowest BCUT2D eigenvalue weighted by Crippen LogP contribution is -2.36. The Morgan fingerprint density at radius 1 is 1.18 bits per heavy atom. The van der Waals surface area contributed by atoms with Crippen LogP contribution in [0.4, 0.5) is 13.2 Å². The van der Waals surface area contributed by atoms with Gasteiger partial charge in [-0.15, -0.1) is 0 Å². The number of halogens is 3. The van der Waals surface area contributed by atoms with E-state index >= 15 is 0 Å². The lowest BCUT2D eigenvalue weighted by molar-refractivity contribution is -0.142. The Morgan fingerprint density at radius 3 is 2.39 bits per heavy atom. The molecule has 0 radical (unpaired) electrons. The van der Waals surface area contributed by atoms with Crippen LogP contribution in [0.2, 0.25) is 0 Å². The Kier molecular flexibility index (Phi) is 5.18. The third kappa shape index (κ3) is 3.48. The molecule has 2 aromatic heterocycles. The van der Waals surface area contributed by atoms with Crippen molar-refractivity contribution in [2.24, 2.45) is 5.92 Å². The molecule has 0 amide bonds. The van der Waals surface area contributed by atoms with Gasteiger partial charge in [0.1, 0.15) is 11.6 Å². The SMILES string of the molecule is CCCn1c(=O)ccc2cc(C(=O)C3C(=O)CCCC3=O)c(C(F)(F)F)nc21. The number of nitrogens with zero attached hydrogens (tertiary/aromatic N) is 2. The number of Topliss-reactive ketones (excluding diaryl/α,β-unsaturated/α-hetero) is 3. The van der Waals surface area contributed by atoms with Crippen LogP contribution in [0.15, 0.2) is 23.0 Å². The van der Waals surface area contributed by atoms with Gasteiger partial charge in [-0.3, -0.25) is 23.7 Å². The van der Waals surface area contributed by atoms with Crippen molar-refractivity contribution in [3.05, 3.63) is 39.8 Å². The number of ketones is 3. The van der Waals surface area contributed by atoms with Crippen LogP contribution in [-0.2, 0) is 22.3 Å². The molecule has 0 spiro atoms. The van der Waals surface area contributed by atoms with Gasteiger partial charge in [-0.2, -0.15) is 13.2 Å². The highest BCUT2D eigenvalue weighted by Gasteiger charge is 2.43. The van der Waals surface area contributed by atoms with Crippen LogP contribution in [0.3, 0.4) is 0 Å². The highest BCUT2D eigenvalue weighted by atomic mass is 19.4. The number of hydrogen-bond donors (Lipinski definition) is 0. The number of carbonyl (C=O) groups is 3. The van der Waals surface area contributed by atoms with Crippen LogP contribution in [-0.4, -0.2) is 26.9 Å². The summed E-state index contributed by atoms with van der Waals surface area (Å²) in [4.78, 5) is 52.4. The second-order valence-electron chi connectivity index (χ2n) is 6.70. The first-order valence-electron chi connectivity index (χ1n) is 8.86. The number of aromatic nitrogens is 2. The summed E-state index contributed by atoms with van der Waals surface area (Å²) in [5.41, 5.74) is -3.02. The fourth-order valence-electron chi connectivity index (χ4n) is 3.41. The van der Waals surface area contributed by atoms with Gasteiger partial charge in [-0.1, -0.05) is 6.92 Å². The van der Waals surface area contributed by atoms with Crippen molar-refractivity contribution in [3.8, 4) is 0 Å². The number of rotatable bonds is 4. The standard InChI is InChI=1S/C19H17F3N2O4/c1-2-8-24-14(27)7-6-10-9-11(17(19(20,21)22)23-18(10)24)16(28)15-12(25)4-3-5-13(15)26/h6-7,9,15H,2-5,8H2,1H3. The molecule has 3 rings (SSSR count). The minimum Gasteiger partial charge on any atom is -0.298 e. The van der Waals surface area contributed by atoms with Gasteiger partial charge in [0.25, 0.3) is 5.56 Å². The molecule has 0 bridgehead atoms. The monoisotopic (exact) mass is 394 g/mol. The minimum absolute atomic E-state index is 0.0272. The Bertz CT molecular complexity index is 1020. The normalized spacial score (nSPS) is 16.0. The van der Waals surface area contributed by atoms with Crippen LogP contribution in [0.25, 0.3) is 11.0 Å². The summed E-state index contributed by atoms with van der Waals surface area (Å²) >= 11 is 0. The van der Waals surface area contributed by atoms with E-state index in [1.54, 1.807) is 6.92 Å². The third-order valence-electron chi connectivity index (χ3n) is 4.69. The molecule has 0 saturated heterocycles. The van der Waals surface area contributed by atoms with Gasteiger partial charge < -0.3 is 0 Å². The van der Waals surface area contributed by atoms with Crippen molar-refractivity contribution >= 4 is 28.4 Å². The maximum absolute atomic E-state index is 13.6. The quantitative estimate of drug-likeness (QED) is 0.588. The van der Waals surface area contributed by atoms with Crippen molar-refractivity contribution in [2.75, 3.05) is 0 Å². The number of pyridine rings is 2. The number of alkyl halides is 3. The summed E-state index contributed by atoms with van der Waals surface area (Å²) in [6, 6.07) is 3.42. The molecule has 0 aromatic carbocycles. The zero-order chi connectivity index (χ0) is 20.6. The molecule has 0 N–H and O–H groups in total. The lowest BCUT2D eigenvalue weighted by Gasteiger charge is -2.20. The van der Waals surface area contributed by atoms with Gasteiger partial charge >= 0.3 is 6.18 Å². The van der Waals surface area contributed by atoms with E-state index in [4.69, 9.17) is 0 Å². The van der Waals surface area contributed by atoms with E-state index in [0.717, 1.165) is 10.6 Å². The maximum Gasteiger partial charge on any atom is 0.434 e. The molecule has 1 aliphatic rings. The Labute approximate surface area is 157 Å². The fraction of sp³-hybridized carbons (Fsp3) is 0.421. The summed E-state index contributed by atoms with van der Waals surface area (Å²) in [5, 5.41) is 0.153. The van der Waals surface area contributed by atoms with Crippen LogP contribution < -0.4 is 5.56 Å². The lowest BCUT2D eigenvalue weighted by atomic mass is 9.81. The van der Waals surface area contributed by atoms with Crippen molar-refractivity contribution in [2.45, 2.75) is 45.3 Å². The Morgan fingerprint density at radius 2 is 1.82 bits per heavy atom. The second-order valence-corrected chi connectivity index (χ2v) is 6.70. The van der Waals surface area contributed by atoms with Crippen molar-refractivity contribution in [1.82, 2.24) is 9.55 Å². The van der Waals surface area contributed by atoms with E-state index < -0.39 is 46.3 Å². The number of hydrogen-bond acceptors (Lipinski definition) is 5. The second kappa shape index (κ2) is 7.29. The van der Waals surface area contributed by atoms with E-state index in [0.29, 0.717) is 6.42 Å². The summed E-state index contributed by atoms with van der Waals surface area (Å²) in [7, 11) is 0. The topological polar surface area (TPSA) is 86.1 Å². The first kappa shape index (κ1) is 19.9. The smallest absolute Gasteiger partial charge is 0.298 e. The first-order chi connectivity index (χ1) is 13.1. The molecular formula is C19H17F3N2O4. The third-order valence-corrected chi connectivity index (χ3v) is 4.69. The van der Waals surface area contributed by atoms with Crippen LogP contribution >= 0.6 is 0 Å². The maximum atomic E-state index is 13.6. The molecule has 148 valence electrons. The molecule has 9 heteroatoms. The first-order valence-corrected chi connectivity index (χ1v) is 8.86. The predicted molar refractivity (Wildman–Crippen MR) is 93.0 cm³/mol. The molecule has 0 aliphatic heterocycles. The van der Waals surface area contributed by atoms with Gasteiger partial charge in [0.05, 0.1) is 5.56 Å². The molecule has 0 atom stereocenters. The van der Waals surface area contributed by atoms with E-state index in [-0.39, 0.29) is 36.8 Å². The molecular weight excluding hydrogens is 377 g/mol. The molecule has 1 aliphatic carbocycles. The number of aryl methyl sites for hydroxylation is 1. The van der Waals surface area contributed by atoms with Gasteiger partial charge in [0.2, 0.25) is 0 Å². The van der Waals surface area contributed by atoms with Gasteiger partial charge in [-0.25, -0.2) is 4.98 Å². The molecule has 2 heterocycles. The molecule has 6 nitrogen and oxygen atoms in total. The Balaban J connectivity index is 2.26. The summed E-state index contributed by atoms with van der Waals surface area (Å²) in [6.45, 7) is 1.92. The highest BCUT2D eigenvalue weighted by molar-refractivity contribution is 6.25. The van der Waals surface area contributed by atoms with Crippen LogP contribution in [0, 0.1) is 5.92 Å². The van der Waals surface area contributed by atoms with E-state index in [1.807, 2.05) is 0 Å². The van der Waals surface area contributed by atoms with Gasteiger partial charge in [0.15, 0.2) is 23.0 Å². The minimum atomic E-state index is -5.00. The molecule has 2 aromatic rings. The van der Waals surface area contributed by atoms with Crippen molar-refractivity contribution < 1.29 is 27.6 Å². The molecule has 1 fully saturated rings. The van der Waals surface area contributed by atoms with Crippen molar-refractivity contribution in [3.63, 3.8) is 0 Å². The van der Waals surface area contributed by atoms with Crippen LogP contribution in [0.1, 0.15) is 48.7 Å². The average molecular weight is 394 g/mol. The van der Waals surface area contributed by atoms with E-state index in [1.165, 1.54) is 12.1 Å². The fourth-order valence-corrected chi connectivity index (χ4v) is 3.41. The predicted octanol–water partition coefficient (Wildman–Crippen LogP) is 2.95. The average Bonchev–Trinajstić information content (AvgIpc) is 2.62. The zero-order valence-electron chi connectivity index (χ0n) is 15.0. The highest BCUT2D eigenvalue weighted by Crippen LogP contribution is 2.34. The number of fused-ring (bicyclic) bond motifs is 1. The molecule has 1 saturated carbocycles. The van der Waals surface area contributed by atoms with Gasteiger partial charge in [-0.05, 0) is 25.0 Å². The summed E-state index contributed by atoms with van der Waals surface area (Å²) in [6.07, 6.45) is -4.27. The van der Waals surface area contributed by atoms with E-state index in [9.17, 15) is 32.3 Å². The molecule has 0 unspecified atom stereocenters. The molecule has 28 heavy (non-hydrogen) atoms. The summed E-state index contributed by atoms with van der Waals surface area (Å²) < 4.78 is 42.0. The van der Waals surface area contributed by atoms with Gasteiger partial charge in [0, 0.05) is 30.8 Å². The van der Waals surface area contributed by atoms with Crippen molar-refractivity contribution in [1.29, 1.82) is 0 Å². The largest absolute Gasteiger partial charge is 0.434 e. The number of carbonyl (C=O) groups excluding carboxylic acids is 3. The summed E-state index contributed by atoms with van der Waals surface area (Å²) in [5.74, 6) is -4.27.